The Morgan fingerprint density at radius 1 is 1.33 bits per heavy atom. The molecule has 0 spiro atoms. The van der Waals surface area contributed by atoms with Crippen molar-refractivity contribution in [3.05, 3.63) is 0 Å². The normalized spacial score (nSPS) is 25.8. The van der Waals surface area contributed by atoms with Crippen LogP contribution in [0.3, 0.4) is 0 Å². The SMILES string of the molecule is C[C@@H]1CN(CCO)CCN1CC(F)(F)F. The van der Waals surface area contributed by atoms with E-state index in [1.165, 1.54) is 4.90 Å². The van der Waals surface area contributed by atoms with E-state index in [2.05, 4.69) is 0 Å². The second-order valence-electron chi connectivity index (χ2n) is 3.96. The molecule has 0 aromatic rings. The lowest BCUT2D eigenvalue weighted by Gasteiger charge is -2.39. The van der Waals surface area contributed by atoms with Gasteiger partial charge in [0.05, 0.1) is 13.2 Å². The first-order chi connectivity index (χ1) is 6.92. The van der Waals surface area contributed by atoms with Crippen molar-refractivity contribution in [1.29, 1.82) is 0 Å². The molecule has 90 valence electrons. The van der Waals surface area contributed by atoms with Crippen molar-refractivity contribution >= 4 is 0 Å². The molecule has 1 rings (SSSR count). The number of hydrogen-bond acceptors (Lipinski definition) is 3. The van der Waals surface area contributed by atoms with Crippen LogP contribution in [0, 0.1) is 0 Å². The molecule has 1 saturated heterocycles. The van der Waals surface area contributed by atoms with Crippen LogP contribution in [0.4, 0.5) is 13.2 Å². The molecule has 0 amide bonds. The molecule has 6 heteroatoms. The molecule has 1 N–H and O–H groups in total. The number of rotatable bonds is 3. The number of nitrogens with zero attached hydrogens (tertiary/aromatic N) is 2. The molecule has 1 atom stereocenters. The Bertz CT molecular complexity index is 198. The van der Waals surface area contributed by atoms with E-state index in [1.54, 1.807) is 6.92 Å². The molecule has 15 heavy (non-hydrogen) atoms. The van der Waals surface area contributed by atoms with E-state index < -0.39 is 12.7 Å². The molecule has 0 unspecified atom stereocenters. The minimum Gasteiger partial charge on any atom is -0.395 e. The lowest BCUT2D eigenvalue weighted by Crippen LogP contribution is -2.54. The van der Waals surface area contributed by atoms with Crippen LogP contribution < -0.4 is 0 Å². The average molecular weight is 226 g/mol. The second kappa shape index (κ2) is 5.14. The maximum atomic E-state index is 12.2. The first kappa shape index (κ1) is 12.7. The third kappa shape index (κ3) is 4.36. The molecule has 0 aromatic carbocycles. The number of aliphatic hydroxyl groups excluding tert-OH is 1. The van der Waals surface area contributed by atoms with E-state index in [1.807, 2.05) is 4.90 Å². The van der Waals surface area contributed by atoms with Crippen molar-refractivity contribution in [1.82, 2.24) is 9.80 Å². The number of hydrogen-bond donors (Lipinski definition) is 1. The van der Waals surface area contributed by atoms with Gasteiger partial charge in [0.1, 0.15) is 0 Å². The zero-order chi connectivity index (χ0) is 11.5. The fourth-order valence-corrected chi connectivity index (χ4v) is 1.88. The highest BCUT2D eigenvalue weighted by Crippen LogP contribution is 2.19. The summed E-state index contributed by atoms with van der Waals surface area (Å²) in [7, 11) is 0. The van der Waals surface area contributed by atoms with E-state index >= 15 is 0 Å². The van der Waals surface area contributed by atoms with Gasteiger partial charge in [-0.3, -0.25) is 9.80 Å². The van der Waals surface area contributed by atoms with Crippen molar-refractivity contribution in [3.8, 4) is 0 Å². The monoisotopic (exact) mass is 226 g/mol. The van der Waals surface area contributed by atoms with Crippen LogP contribution in [-0.2, 0) is 0 Å². The zero-order valence-corrected chi connectivity index (χ0v) is 8.80. The van der Waals surface area contributed by atoms with Crippen molar-refractivity contribution in [2.45, 2.75) is 19.1 Å². The summed E-state index contributed by atoms with van der Waals surface area (Å²) in [6, 6.07) is -0.105. The van der Waals surface area contributed by atoms with Gasteiger partial charge >= 0.3 is 6.18 Å². The Morgan fingerprint density at radius 2 is 2.00 bits per heavy atom. The van der Waals surface area contributed by atoms with Crippen LogP contribution in [0.5, 0.6) is 0 Å². The van der Waals surface area contributed by atoms with Crippen LogP contribution in [0.2, 0.25) is 0 Å². The molecule has 0 aromatic heterocycles. The lowest BCUT2D eigenvalue weighted by molar-refractivity contribution is -0.155. The first-order valence-electron chi connectivity index (χ1n) is 5.06. The summed E-state index contributed by atoms with van der Waals surface area (Å²) in [5.41, 5.74) is 0. The predicted molar refractivity (Wildman–Crippen MR) is 50.6 cm³/mol. The standard InChI is InChI=1S/C9H17F3N2O/c1-8-6-13(4-5-15)2-3-14(8)7-9(10,11)12/h8,15H,2-7H2,1H3/t8-/m1/s1. The number of halogens is 3. The Balaban J connectivity index is 2.39. The van der Waals surface area contributed by atoms with Gasteiger partial charge in [-0.15, -0.1) is 0 Å². The highest BCUT2D eigenvalue weighted by atomic mass is 19.4. The van der Waals surface area contributed by atoms with Crippen LogP contribution in [0.1, 0.15) is 6.92 Å². The van der Waals surface area contributed by atoms with Crippen LogP contribution in [0.15, 0.2) is 0 Å². The maximum absolute atomic E-state index is 12.2. The van der Waals surface area contributed by atoms with E-state index in [0.717, 1.165) is 0 Å². The molecule has 0 bridgehead atoms. The Morgan fingerprint density at radius 3 is 2.47 bits per heavy atom. The molecule has 1 heterocycles. The van der Waals surface area contributed by atoms with Crippen molar-refractivity contribution in [2.24, 2.45) is 0 Å². The topological polar surface area (TPSA) is 26.7 Å². The van der Waals surface area contributed by atoms with Crippen LogP contribution >= 0.6 is 0 Å². The van der Waals surface area contributed by atoms with Gasteiger partial charge in [-0.05, 0) is 6.92 Å². The number of aliphatic hydroxyl groups is 1. The van der Waals surface area contributed by atoms with Crippen molar-refractivity contribution in [3.63, 3.8) is 0 Å². The summed E-state index contributed by atoms with van der Waals surface area (Å²) >= 11 is 0. The van der Waals surface area contributed by atoms with Crippen molar-refractivity contribution < 1.29 is 18.3 Å². The summed E-state index contributed by atoms with van der Waals surface area (Å²) in [6.45, 7) is 3.17. The van der Waals surface area contributed by atoms with Gasteiger partial charge in [-0.25, -0.2) is 0 Å². The molecule has 0 saturated carbocycles. The van der Waals surface area contributed by atoms with Gasteiger partial charge in [-0.1, -0.05) is 0 Å². The van der Waals surface area contributed by atoms with Crippen LogP contribution in [0.25, 0.3) is 0 Å². The number of piperazine rings is 1. The number of β-amino-alcohol motifs (C(OH)–C–C–N with tert-alkyl or cyclic N) is 1. The third-order valence-corrected chi connectivity index (χ3v) is 2.65. The Kier molecular flexibility index (Phi) is 4.36. The quantitative estimate of drug-likeness (QED) is 0.761. The van der Waals surface area contributed by atoms with Crippen LogP contribution in [-0.4, -0.2) is 66.5 Å². The summed E-state index contributed by atoms with van der Waals surface area (Å²) in [5, 5.41) is 8.72. The second-order valence-corrected chi connectivity index (χ2v) is 3.96. The average Bonchev–Trinajstić information content (AvgIpc) is 2.08. The van der Waals surface area contributed by atoms with Gasteiger partial charge in [0.2, 0.25) is 0 Å². The van der Waals surface area contributed by atoms with Gasteiger partial charge < -0.3 is 5.11 Å². The highest BCUT2D eigenvalue weighted by molar-refractivity contribution is 4.80. The fourth-order valence-electron chi connectivity index (χ4n) is 1.88. The van der Waals surface area contributed by atoms with Gasteiger partial charge in [0.15, 0.2) is 0 Å². The van der Waals surface area contributed by atoms with E-state index in [4.69, 9.17) is 5.11 Å². The highest BCUT2D eigenvalue weighted by Gasteiger charge is 2.34. The van der Waals surface area contributed by atoms with Gasteiger partial charge in [0.25, 0.3) is 0 Å². The molecule has 1 fully saturated rings. The van der Waals surface area contributed by atoms with E-state index in [0.29, 0.717) is 26.2 Å². The van der Waals surface area contributed by atoms with E-state index in [-0.39, 0.29) is 12.6 Å². The summed E-state index contributed by atoms with van der Waals surface area (Å²) in [4.78, 5) is 3.42. The smallest absolute Gasteiger partial charge is 0.395 e. The zero-order valence-electron chi connectivity index (χ0n) is 8.80. The molecule has 1 aliphatic heterocycles. The largest absolute Gasteiger partial charge is 0.401 e. The lowest BCUT2D eigenvalue weighted by atomic mass is 10.2. The molecule has 1 aliphatic rings. The Hall–Kier alpha value is -0.330. The molecule has 3 nitrogen and oxygen atoms in total. The third-order valence-electron chi connectivity index (χ3n) is 2.65. The van der Waals surface area contributed by atoms with Gasteiger partial charge in [0, 0.05) is 32.2 Å². The minimum absolute atomic E-state index is 0.0615. The summed E-state index contributed by atoms with van der Waals surface area (Å²) in [5.74, 6) is 0. The molecule has 0 radical (unpaired) electrons. The number of alkyl halides is 3. The summed E-state index contributed by atoms with van der Waals surface area (Å²) in [6.07, 6.45) is -4.12. The summed E-state index contributed by atoms with van der Waals surface area (Å²) < 4.78 is 36.5. The predicted octanol–water partition coefficient (Wildman–Crippen LogP) is 0.547. The molecular weight excluding hydrogens is 209 g/mol. The maximum Gasteiger partial charge on any atom is 0.401 e. The minimum atomic E-state index is -4.12. The van der Waals surface area contributed by atoms with Crippen molar-refractivity contribution in [2.75, 3.05) is 39.3 Å². The van der Waals surface area contributed by atoms with E-state index in [9.17, 15) is 13.2 Å². The Labute approximate surface area is 87.5 Å². The fraction of sp³-hybridized carbons (Fsp3) is 1.00. The first-order valence-corrected chi connectivity index (χ1v) is 5.06. The molecule has 0 aliphatic carbocycles. The van der Waals surface area contributed by atoms with Gasteiger partial charge in [-0.2, -0.15) is 13.2 Å². The molecular formula is C9H17F3N2O.